The maximum atomic E-state index is 13.1. The van der Waals surface area contributed by atoms with Crippen LogP contribution in [0.15, 0.2) is 24.5 Å². The molecule has 3 fully saturated rings. The van der Waals surface area contributed by atoms with E-state index in [1.807, 2.05) is 12.3 Å². The van der Waals surface area contributed by atoms with Crippen LogP contribution in [-0.4, -0.2) is 45.9 Å². The van der Waals surface area contributed by atoms with Gasteiger partial charge in [0.05, 0.1) is 0 Å². The molecule has 4 heteroatoms. The number of rotatable bonds is 5. The number of aromatic nitrogens is 1. The molecule has 0 bridgehead atoms. The first kappa shape index (κ1) is 16.1. The van der Waals surface area contributed by atoms with Gasteiger partial charge in [-0.05, 0) is 56.7 Å². The van der Waals surface area contributed by atoms with Gasteiger partial charge >= 0.3 is 0 Å². The molecule has 24 heavy (non-hydrogen) atoms. The zero-order valence-electron chi connectivity index (χ0n) is 14.6. The molecule has 1 amide bonds. The summed E-state index contributed by atoms with van der Waals surface area (Å²) in [5, 5.41) is 0. The fraction of sp³-hybridized carbons (Fsp3) is 0.700. The summed E-state index contributed by atoms with van der Waals surface area (Å²) in [5.74, 6) is 0.673. The van der Waals surface area contributed by atoms with E-state index in [-0.39, 0.29) is 5.92 Å². The van der Waals surface area contributed by atoms with Crippen LogP contribution >= 0.6 is 0 Å². The highest BCUT2D eigenvalue weighted by Crippen LogP contribution is 2.33. The zero-order valence-corrected chi connectivity index (χ0v) is 14.6. The minimum absolute atomic E-state index is 0.278. The van der Waals surface area contributed by atoms with Gasteiger partial charge in [0.1, 0.15) is 0 Å². The number of piperidine rings is 1. The van der Waals surface area contributed by atoms with Crippen molar-refractivity contribution >= 4 is 5.91 Å². The zero-order chi connectivity index (χ0) is 16.4. The van der Waals surface area contributed by atoms with E-state index < -0.39 is 0 Å². The summed E-state index contributed by atoms with van der Waals surface area (Å²) in [4.78, 5) is 22.2. The molecule has 4 rings (SSSR count). The van der Waals surface area contributed by atoms with Crippen LogP contribution in [0.25, 0.3) is 0 Å². The van der Waals surface area contributed by atoms with E-state index in [1.54, 1.807) is 6.20 Å². The van der Waals surface area contributed by atoms with E-state index >= 15 is 0 Å². The summed E-state index contributed by atoms with van der Waals surface area (Å²) in [5.41, 5.74) is 1.16. The molecular weight excluding hydrogens is 298 g/mol. The van der Waals surface area contributed by atoms with Crippen molar-refractivity contribution in [3.63, 3.8) is 0 Å². The highest BCUT2D eigenvalue weighted by Gasteiger charge is 2.37. The number of hydrogen-bond acceptors (Lipinski definition) is 3. The molecule has 1 unspecified atom stereocenters. The van der Waals surface area contributed by atoms with Crippen molar-refractivity contribution in [2.75, 3.05) is 13.1 Å². The second-order valence-electron chi connectivity index (χ2n) is 7.83. The van der Waals surface area contributed by atoms with E-state index in [9.17, 15) is 4.79 Å². The van der Waals surface area contributed by atoms with Gasteiger partial charge in [-0.25, -0.2) is 0 Å². The highest BCUT2D eigenvalue weighted by atomic mass is 16.2. The summed E-state index contributed by atoms with van der Waals surface area (Å²) >= 11 is 0. The van der Waals surface area contributed by atoms with Crippen molar-refractivity contribution in [2.45, 2.75) is 70.0 Å². The molecule has 2 heterocycles. The minimum Gasteiger partial charge on any atom is -0.334 e. The lowest BCUT2D eigenvalue weighted by molar-refractivity contribution is -0.143. The standard InChI is InChI=1S/C20H29N3O/c24-20(17-6-1-7-17)23(14-16-5-3-11-21-13-16)19-10-4-12-22(15-19)18-8-2-9-18/h3,5,11,13,17-19H,1-2,4,6-10,12,14-15H2. The molecule has 1 aromatic rings. The van der Waals surface area contributed by atoms with Gasteiger partial charge in [0, 0.05) is 43.5 Å². The van der Waals surface area contributed by atoms with Gasteiger partial charge in [0.15, 0.2) is 0 Å². The molecule has 3 aliphatic rings. The summed E-state index contributed by atoms with van der Waals surface area (Å²) in [7, 11) is 0. The molecular formula is C20H29N3O. The quantitative estimate of drug-likeness (QED) is 0.833. The molecule has 0 spiro atoms. The third-order valence-corrected chi connectivity index (χ3v) is 6.27. The summed E-state index contributed by atoms with van der Waals surface area (Å²) in [6.07, 6.45) is 13.6. The monoisotopic (exact) mass is 327 g/mol. The van der Waals surface area contributed by atoms with Gasteiger partial charge in [-0.3, -0.25) is 14.7 Å². The third kappa shape index (κ3) is 3.34. The van der Waals surface area contributed by atoms with Crippen LogP contribution in [-0.2, 0) is 11.3 Å². The summed E-state index contributed by atoms with van der Waals surface area (Å²) in [6.45, 7) is 3.02. The van der Waals surface area contributed by atoms with Crippen molar-refractivity contribution in [1.82, 2.24) is 14.8 Å². The van der Waals surface area contributed by atoms with Crippen LogP contribution in [0, 0.1) is 5.92 Å². The lowest BCUT2D eigenvalue weighted by atomic mass is 9.83. The summed E-state index contributed by atoms with van der Waals surface area (Å²) < 4.78 is 0. The average Bonchev–Trinajstić information content (AvgIpc) is 2.50. The van der Waals surface area contributed by atoms with E-state index in [0.29, 0.717) is 11.9 Å². The van der Waals surface area contributed by atoms with Crippen LogP contribution in [0.2, 0.25) is 0 Å². The molecule has 1 aliphatic heterocycles. The predicted octanol–water partition coefficient (Wildman–Crippen LogP) is 3.23. The second-order valence-corrected chi connectivity index (χ2v) is 7.83. The Labute approximate surface area is 145 Å². The Bertz CT molecular complexity index is 553. The lowest BCUT2D eigenvalue weighted by Crippen LogP contribution is -2.55. The fourth-order valence-electron chi connectivity index (χ4n) is 4.29. The predicted molar refractivity (Wildman–Crippen MR) is 94.4 cm³/mol. The molecule has 0 N–H and O–H groups in total. The van der Waals surface area contributed by atoms with Crippen molar-refractivity contribution in [3.05, 3.63) is 30.1 Å². The number of hydrogen-bond donors (Lipinski definition) is 0. The number of carbonyl (C=O) groups is 1. The Kier molecular flexibility index (Phi) is 4.83. The number of amides is 1. The Morgan fingerprint density at radius 3 is 2.62 bits per heavy atom. The topological polar surface area (TPSA) is 36.4 Å². The van der Waals surface area contributed by atoms with Crippen LogP contribution in [0.5, 0.6) is 0 Å². The molecule has 4 nitrogen and oxygen atoms in total. The van der Waals surface area contributed by atoms with Crippen molar-refractivity contribution < 1.29 is 4.79 Å². The largest absolute Gasteiger partial charge is 0.334 e. The number of carbonyl (C=O) groups excluding carboxylic acids is 1. The first-order valence-electron chi connectivity index (χ1n) is 9.74. The second kappa shape index (κ2) is 7.22. The van der Waals surface area contributed by atoms with E-state index in [1.165, 1.54) is 38.6 Å². The van der Waals surface area contributed by atoms with E-state index in [2.05, 4.69) is 20.9 Å². The SMILES string of the molecule is O=C(C1CCC1)N(Cc1cccnc1)C1CCCN(C2CCC2)C1. The Hall–Kier alpha value is -1.42. The normalized spacial score (nSPS) is 25.8. The van der Waals surface area contributed by atoms with Gasteiger partial charge in [-0.15, -0.1) is 0 Å². The van der Waals surface area contributed by atoms with Gasteiger partial charge < -0.3 is 4.90 Å². The van der Waals surface area contributed by atoms with Gasteiger partial charge in [-0.1, -0.05) is 18.9 Å². The van der Waals surface area contributed by atoms with Gasteiger partial charge in [-0.2, -0.15) is 0 Å². The van der Waals surface area contributed by atoms with Crippen LogP contribution in [0.3, 0.4) is 0 Å². The van der Waals surface area contributed by atoms with E-state index in [4.69, 9.17) is 0 Å². The number of nitrogens with zero attached hydrogens (tertiary/aromatic N) is 3. The highest BCUT2D eigenvalue weighted by molar-refractivity contribution is 5.80. The Morgan fingerprint density at radius 2 is 2.00 bits per heavy atom. The Balaban J connectivity index is 1.48. The lowest BCUT2D eigenvalue weighted by Gasteiger charge is -2.46. The minimum atomic E-state index is 0.278. The maximum absolute atomic E-state index is 13.1. The van der Waals surface area contributed by atoms with Crippen LogP contribution in [0.1, 0.15) is 56.9 Å². The molecule has 1 atom stereocenters. The first-order valence-corrected chi connectivity index (χ1v) is 9.74. The van der Waals surface area contributed by atoms with Crippen LogP contribution < -0.4 is 0 Å². The number of pyridine rings is 1. The van der Waals surface area contributed by atoms with Crippen LogP contribution in [0.4, 0.5) is 0 Å². The third-order valence-electron chi connectivity index (χ3n) is 6.27. The van der Waals surface area contributed by atoms with Crippen molar-refractivity contribution in [2.24, 2.45) is 5.92 Å². The van der Waals surface area contributed by atoms with Gasteiger partial charge in [0.25, 0.3) is 0 Å². The van der Waals surface area contributed by atoms with Gasteiger partial charge in [0.2, 0.25) is 5.91 Å². The molecule has 2 saturated carbocycles. The molecule has 1 saturated heterocycles. The first-order chi connectivity index (χ1) is 11.8. The molecule has 130 valence electrons. The molecule has 0 aromatic carbocycles. The van der Waals surface area contributed by atoms with E-state index in [0.717, 1.165) is 44.0 Å². The molecule has 0 radical (unpaired) electrons. The fourth-order valence-corrected chi connectivity index (χ4v) is 4.29. The maximum Gasteiger partial charge on any atom is 0.226 e. The molecule has 1 aromatic heterocycles. The Morgan fingerprint density at radius 1 is 1.17 bits per heavy atom. The summed E-state index contributed by atoms with van der Waals surface area (Å²) in [6, 6.07) is 5.24. The van der Waals surface area contributed by atoms with Crippen molar-refractivity contribution in [3.8, 4) is 0 Å². The number of likely N-dealkylation sites (tertiary alicyclic amines) is 1. The smallest absolute Gasteiger partial charge is 0.226 e. The average molecular weight is 327 g/mol. The molecule has 2 aliphatic carbocycles. The van der Waals surface area contributed by atoms with Crippen molar-refractivity contribution in [1.29, 1.82) is 0 Å².